The Kier molecular flexibility index (Phi) is 6.85. The second kappa shape index (κ2) is 9.38. The lowest BCUT2D eigenvalue weighted by Gasteiger charge is -2.49. The van der Waals surface area contributed by atoms with Crippen molar-refractivity contribution < 1.29 is 19.4 Å². The lowest BCUT2D eigenvalue weighted by atomic mass is 9.67. The van der Waals surface area contributed by atoms with Gasteiger partial charge >= 0.3 is 6.09 Å². The van der Waals surface area contributed by atoms with Crippen molar-refractivity contribution in [2.24, 2.45) is 11.3 Å². The van der Waals surface area contributed by atoms with E-state index in [9.17, 15) is 9.90 Å². The van der Waals surface area contributed by atoms with E-state index in [1.165, 1.54) is 10.9 Å². The van der Waals surface area contributed by atoms with Crippen LogP contribution in [0.5, 0.6) is 0 Å². The van der Waals surface area contributed by atoms with Crippen molar-refractivity contribution in [3.8, 4) is 0 Å². The van der Waals surface area contributed by atoms with E-state index in [0.29, 0.717) is 26.2 Å². The first-order valence-electron chi connectivity index (χ1n) is 12.5. The molecule has 1 N–H and O–H groups in total. The molecule has 2 aromatic rings. The number of fused-ring (bicyclic) bond motifs is 1. The van der Waals surface area contributed by atoms with E-state index in [0.717, 1.165) is 36.0 Å². The van der Waals surface area contributed by atoms with Crippen molar-refractivity contribution in [3.05, 3.63) is 47.7 Å². The minimum absolute atomic E-state index is 0.0516. The molecule has 2 fully saturated rings. The van der Waals surface area contributed by atoms with Crippen LogP contribution in [-0.4, -0.2) is 52.6 Å². The number of aliphatic hydroxyl groups excluding tert-OH is 1. The summed E-state index contributed by atoms with van der Waals surface area (Å²) in [5, 5.41) is 10.8. The fourth-order valence-corrected chi connectivity index (χ4v) is 5.78. The van der Waals surface area contributed by atoms with Crippen LogP contribution < -0.4 is 0 Å². The molecule has 1 amide bonds. The second-order valence-electron chi connectivity index (χ2n) is 11.2. The number of carbonyl (C=O) groups is 1. The molecule has 6 nitrogen and oxygen atoms in total. The van der Waals surface area contributed by atoms with Crippen molar-refractivity contribution >= 4 is 17.0 Å². The van der Waals surface area contributed by atoms with Gasteiger partial charge in [-0.1, -0.05) is 30.4 Å². The largest absolute Gasteiger partial charge is 0.444 e. The maximum Gasteiger partial charge on any atom is 0.410 e. The molecular weight excluding hydrogens is 428 g/mol. The van der Waals surface area contributed by atoms with Crippen LogP contribution in [0.4, 0.5) is 4.79 Å². The van der Waals surface area contributed by atoms with Gasteiger partial charge < -0.3 is 24.0 Å². The highest BCUT2D eigenvalue weighted by atomic mass is 16.6. The van der Waals surface area contributed by atoms with Gasteiger partial charge in [-0.2, -0.15) is 0 Å². The summed E-state index contributed by atoms with van der Waals surface area (Å²) in [5.41, 5.74) is 4.22. The molecule has 1 spiro atoms. The number of carbonyl (C=O) groups excluding carboxylic acids is 1. The monoisotopic (exact) mass is 468 g/mol. The molecule has 0 radical (unpaired) electrons. The minimum atomic E-state index is -0.481. The maximum atomic E-state index is 12.6. The Morgan fingerprint density at radius 1 is 1.26 bits per heavy atom. The standard InChI is InChI=1S/C28H40N2O4/c1-19(2)22-17-28(11-13-29(14-12-28)26(32)34-27(4,5)6)18-33-25(22)24-20(3)30(15-16-31)23-10-8-7-9-21(23)24/h7-10,22,25,31H,1,11-18H2,2-6H3/t22-,25+/m0/s1. The van der Waals surface area contributed by atoms with Crippen LogP contribution in [-0.2, 0) is 16.0 Å². The summed E-state index contributed by atoms with van der Waals surface area (Å²) >= 11 is 0. The average molecular weight is 469 g/mol. The summed E-state index contributed by atoms with van der Waals surface area (Å²) in [6.45, 7) is 17.1. The Morgan fingerprint density at radius 2 is 1.94 bits per heavy atom. The SMILES string of the molecule is C=C(C)[C@@H]1CC2(CCN(C(=O)OC(C)(C)C)CC2)CO[C@H]1c1c(C)n(CCO)c2ccccc12. The quantitative estimate of drug-likeness (QED) is 0.592. The Bertz CT molecular complexity index is 1060. The van der Waals surface area contributed by atoms with Crippen LogP contribution in [0.3, 0.4) is 0 Å². The fourth-order valence-electron chi connectivity index (χ4n) is 5.78. The molecule has 2 saturated heterocycles. The highest BCUT2D eigenvalue weighted by molar-refractivity contribution is 5.86. The summed E-state index contributed by atoms with van der Waals surface area (Å²) in [7, 11) is 0. The molecule has 2 aliphatic rings. The van der Waals surface area contributed by atoms with Gasteiger partial charge in [0.2, 0.25) is 0 Å². The number of rotatable bonds is 4. The molecule has 3 heterocycles. The minimum Gasteiger partial charge on any atom is -0.444 e. The zero-order valence-electron chi connectivity index (χ0n) is 21.4. The number of ether oxygens (including phenoxy) is 2. The zero-order chi connectivity index (χ0) is 24.7. The lowest BCUT2D eigenvalue weighted by Crippen LogP contribution is -2.49. The molecule has 0 aliphatic carbocycles. The topological polar surface area (TPSA) is 63.9 Å². The van der Waals surface area contributed by atoms with E-state index in [-0.39, 0.29) is 30.1 Å². The Hall–Kier alpha value is -2.31. The van der Waals surface area contributed by atoms with Gasteiger partial charge in [0.1, 0.15) is 5.60 Å². The molecule has 0 saturated carbocycles. The Morgan fingerprint density at radius 3 is 2.56 bits per heavy atom. The van der Waals surface area contributed by atoms with Crippen molar-refractivity contribution in [1.29, 1.82) is 0 Å². The van der Waals surface area contributed by atoms with Crippen molar-refractivity contribution in [2.45, 2.75) is 72.1 Å². The highest BCUT2D eigenvalue weighted by Gasteiger charge is 2.46. The van der Waals surface area contributed by atoms with Gasteiger partial charge in [-0.05, 0) is 65.4 Å². The van der Waals surface area contributed by atoms with Gasteiger partial charge in [-0.25, -0.2) is 4.79 Å². The normalized spacial score (nSPS) is 22.8. The van der Waals surface area contributed by atoms with Gasteiger partial charge in [0, 0.05) is 47.7 Å². The van der Waals surface area contributed by atoms with Crippen molar-refractivity contribution in [1.82, 2.24) is 9.47 Å². The van der Waals surface area contributed by atoms with Crippen LogP contribution >= 0.6 is 0 Å². The van der Waals surface area contributed by atoms with E-state index >= 15 is 0 Å². The Labute approximate surface area is 203 Å². The van der Waals surface area contributed by atoms with Crippen LogP contribution in [0.15, 0.2) is 36.4 Å². The molecule has 1 aromatic carbocycles. The van der Waals surface area contributed by atoms with Gasteiger partial charge in [-0.3, -0.25) is 0 Å². The molecule has 0 unspecified atom stereocenters. The predicted octanol–water partition coefficient (Wildman–Crippen LogP) is 5.61. The fraction of sp³-hybridized carbons (Fsp3) is 0.607. The number of benzene rings is 1. The molecule has 186 valence electrons. The highest BCUT2D eigenvalue weighted by Crippen LogP contribution is 2.51. The van der Waals surface area contributed by atoms with E-state index in [4.69, 9.17) is 9.47 Å². The number of aliphatic hydroxyl groups is 1. The molecular formula is C28H40N2O4. The molecule has 2 aliphatic heterocycles. The number of para-hydroxylation sites is 1. The summed E-state index contributed by atoms with van der Waals surface area (Å²) in [6.07, 6.45) is 2.55. The number of amides is 1. The van der Waals surface area contributed by atoms with Crippen molar-refractivity contribution in [2.75, 3.05) is 26.3 Å². The zero-order valence-corrected chi connectivity index (χ0v) is 21.4. The number of hydrogen-bond acceptors (Lipinski definition) is 4. The van der Waals surface area contributed by atoms with Gasteiger partial charge in [0.15, 0.2) is 0 Å². The van der Waals surface area contributed by atoms with E-state index in [1.807, 2.05) is 31.7 Å². The van der Waals surface area contributed by atoms with Crippen molar-refractivity contribution in [3.63, 3.8) is 0 Å². The number of piperidine rings is 1. The Balaban J connectivity index is 1.56. The third-order valence-electron chi connectivity index (χ3n) is 7.58. The molecule has 0 bridgehead atoms. The number of aromatic nitrogens is 1. The molecule has 4 rings (SSSR count). The summed E-state index contributed by atoms with van der Waals surface area (Å²) in [6, 6.07) is 8.40. The summed E-state index contributed by atoms with van der Waals surface area (Å²) in [5.74, 6) is 0.203. The first kappa shape index (κ1) is 24.8. The van der Waals surface area contributed by atoms with E-state index < -0.39 is 5.60 Å². The third kappa shape index (κ3) is 4.76. The maximum absolute atomic E-state index is 12.6. The van der Waals surface area contributed by atoms with E-state index in [2.05, 4.69) is 43.2 Å². The van der Waals surface area contributed by atoms with Crippen LogP contribution in [0.2, 0.25) is 0 Å². The molecule has 2 atom stereocenters. The van der Waals surface area contributed by atoms with Crippen LogP contribution in [0, 0.1) is 18.3 Å². The third-order valence-corrected chi connectivity index (χ3v) is 7.58. The summed E-state index contributed by atoms with van der Waals surface area (Å²) < 4.78 is 14.5. The number of nitrogens with zero attached hydrogens (tertiary/aromatic N) is 2. The van der Waals surface area contributed by atoms with Crippen LogP contribution in [0.1, 0.15) is 64.3 Å². The lowest BCUT2D eigenvalue weighted by molar-refractivity contribution is -0.111. The van der Waals surface area contributed by atoms with E-state index in [1.54, 1.807) is 0 Å². The molecule has 1 aromatic heterocycles. The molecule has 34 heavy (non-hydrogen) atoms. The molecule has 6 heteroatoms. The van der Waals surface area contributed by atoms with Gasteiger partial charge in [-0.15, -0.1) is 0 Å². The predicted molar refractivity (Wildman–Crippen MR) is 135 cm³/mol. The first-order chi connectivity index (χ1) is 16.1. The summed E-state index contributed by atoms with van der Waals surface area (Å²) in [4.78, 5) is 14.4. The van der Waals surface area contributed by atoms with Gasteiger partial charge in [0.05, 0.1) is 19.3 Å². The smallest absolute Gasteiger partial charge is 0.410 e. The van der Waals surface area contributed by atoms with Gasteiger partial charge in [0.25, 0.3) is 0 Å². The number of likely N-dealkylation sites (tertiary alicyclic amines) is 1. The van der Waals surface area contributed by atoms with Crippen LogP contribution in [0.25, 0.3) is 10.9 Å². The second-order valence-corrected chi connectivity index (χ2v) is 11.2. The first-order valence-corrected chi connectivity index (χ1v) is 12.5. The number of hydrogen-bond donors (Lipinski definition) is 1. The average Bonchev–Trinajstić information content (AvgIpc) is 3.05.